The molecule has 0 radical (unpaired) electrons. The van der Waals surface area contributed by atoms with E-state index in [0.717, 1.165) is 31.2 Å². The van der Waals surface area contributed by atoms with Gasteiger partial charge in [-0.25, -0.2) is 4.39 Å². The summed E-state index contributed by atoms with van der Waals surface area (Å²) in [4.78, 5) is 0. The van der Waals surface area contributed by atoms with Crippen LogP contribution in [0, 0.1) is 0 Å². The van der Waals surface area contributed by atoms with Gasteiger partial charge in [0, 0.05) is 0 Å². The second-order valence-electron chi connectivity index (χ2n) is 4.06. The molecule has 0 saturated carbocycles. The highest BCUT2D eigenvalue weighted by Crippen LogP contribution is 2.27. The minimum Gasteiger partial charge on any atom is -0.380 e. The molecule has 1 aromatic rings. The van der Waals surface area contributed by atoms with Crippen LogP contribution in [0.4, 0.5) is 4.39 Å². The Morgan fingerprint density at radius 3 is 2.53 bits per heavy atom. The predicted molar refractivity (Wildman–Crippen MR) is 67.2 cm³/mol. The Bertz CT molecular complexity index is 513. The van der Waals surface area contributed by atoms with Crippen LogP contribution >= 0.6 is 9.24 Å². The minimum absolute atomic E-state index is 0.191. The van der Waals surface area contributed by atoms with E-state index in [2.05, 4.69) is 0 Å². The topological polar surface area (TPSA) is 43.4 Å². The largest absolute Gasteiger partial charge is 0.380 e. The Morgan fingerprint density at radius 2 is 1.88 bits per heavy atom. The molecule has 0 heterocycles. The average Bonchev–Trinajstić information content (AvgIpc) is 2.28. The fourth-order valence-electron chi connectivity index (χ4n) is 1.94. The quantitative estimate of drug-likeness (QED) is 0.629. The number of rotatable bonds is 3. The third-order valence-corrected chi connectivity index (χ3v) is 4.78. The van der Waals surface area contributed by atoms with E-state index in [-0.39, 0.29) is 5.75 Å². The van der Waals surface area contributed by atoms with E-state index in [1.165, 1.54) is 5.56 Å². The lowest BCUT2D eigenvalue weighted by atomic mass is 9.92. The number of halogens is 1. The molecule has 6 heteroatoms. The summed E-state index contributed by atoms with van der Waals surface area (Å²) in [6.07, 6.45) is 4.19. The number of hydrogen-bond donors (Lipinski definition) is 0. The van der Waals surface area contributed by atoms with Gasteiger partial charge in [-0.1, -0.05) is 15.3 Å². The first-order valence-electron chi connectivity index (χ1n) is 5.44. The highest BCUT2D eigenvalue weighted by Gasteiger charge is 2.22. The molecule has 94 valence electrons. The molecule has 2 rings (SSSR count). The van der Waals surface area contributed by atoms with E-state index < -0.39 is 15.4 Å². The van der Waals surface area contributed by atoms with Crippen molar-refractivity contribution in [3.8, 4) is 5.75 Å². The third-order valence-electron chi connectivity index (χ3n) is 2.81. The van der Waals surface area contributed by atoms with Crippen molar-refractivity contribution in [1.82, 2.24) is 0 Å². The number of hydrogen-bond acceptors (Lipinski definition) is 3. The molecule has 3 nitrogen and oxygen atoms in total. The number of benzene rings is 1. The van der Waals surface area contributed by atoms with Gasteiger partial charge in [0.1, 0.15) is 5.75 Å². The van der Waals surface area contributed by atoms with Crippen LogP contribution < -0.4 is 4.18 Å². The van der Waals surface area contributed by atoms with Crippen molar-refractivity contribution in [1.29, 1.82) is 0 Å². The maximum Gasteiger partial charge on any atom is 0.345 e. The lowest BCUT2D eigenvalue weighted by Gasteiger charge is -2.16. The van der Waals surface area contributed by atoms with Crippen molar-refractivity contribution in [3.63, 3.8) is 0 Å². The summed E-state index contributed by atoms with van der Waals surface area (Å²) >= 11 is 0. The molecule has 0 N–H and O–H groups in total. The molecule has 1 aliphatic carbocycles. The molecule has 17 heavy (non-hydrogen) atoms. The van der Waals surface area contributed by atoms with Crippen molar-refractivity contribution in [2.45, 2.75) is 30.9 Å². The van der Waals surface area contributed by atoms with Crippen LogP contribution in [0.1, 0.15) is 24.0 Å². The third kappa shape index (κ3) is 2.96. The molecule has 1 aliphatic rings. The van der Waals surface area contributed by atoms with Gasteiger partial charge in [-0.3, -0.25) is 0 Å². The minimum atomic E-state index is -4.18. The lowest BCUT2D eigenvalue weighted by molar-refractivity contribution is 0.436. The highest BCUT2D eigenvalue weighted by molar-refractivity contribution is 7.91. The van der Waals surface area contributed by atoms with Gasteiger partial charge in [0.15, 0.2) is 0 Å². The van der Waals surface area contributed by atoms with Crippen molar-refractivity contribution in [2.75, 3.05) is 0 Å². The summed E-state index contributed by atoms with van der Waals surface area (Å²) in [5.41, 5.74) is 2.33. The fourth-order valence-corrected chi connectivity index (χ4v) is 2.57. The van der Waals surface area contributed by atoms with Gasteiger partial charge in [-0.05, 0) is 48.9 Å². The summed E-state index contributed by atoms with van der Waals surface area (Å²) in [5.74, 6) is 0.191. The summed E-state index contributed by atoms with van der Waals surface area (Å²) < 4.78 is 40.0. The smallest absolute Gasteiger partial charge is 0.345 e. The summed E-state index contributed by atoms with van der Waals surface area (Å²) in [6, 6.07) is 5.13. The highest BCUT2D eigenvalue weighted by atomic mass is 32.2. The Morgan fingerprint density at radius 1 is 1.24 bits per heavy atom. The standard InChI is InChI=1S/C11H14FO3PS/c12-11(16)17(13,14)15-10-6-5-8-3-1-2-4-9(8)7-10/h5-7,11H,1-4,16H2. The van der Waals surface area contributed by atoms with E-state index in [4.69, 9.17) is 4.18 Å². The van der Waals surface area contributed by atoms with Crippen LogP contribution in [0.3, 0.4) is 0 Å². The van der Waals surface area contributed by atoms with E-state index >= 15 is 0 Å². The molecule has 0 fully saturated rings. The van der Waals surface area contributed by atoms with E-state index in [9.17, 15) is 12.8 Å². The van der Waals surface area contributed by atoms with Crippen LogP contribution in [0.2, 0.25) is 0 Å². The number of aryl methyl sites for hydroxylation is 2. The Hall–Kier alpha value is -0.670. The van der Waals surface area contributed by atoms with Crippen LogP contribution in [-0.2, 0) is 23.0 Å². The normalized spacial score (nSPS) is 17.3. The molecule has 2 unspecified atom stereocenters. The first-order chi connectivity index (χ1) is 7.99. The van der Waals surface area contributed by atoms with Gasteiger partial charge in [0.2, 0.25) is 5.24 Å². The second-order valence-corrected chi connectivity index (χ2v) is 6.74. The summed E-state index contributed by atoms with van der Waals surface area (Å²) in [6.45, 7) is 0. The first-order valence-corrected chi connectivity index (χ1v) is 7.57. The van der Waals surface area contributed by atoms with Crippen molar-refractivity contribution in [2.24, 2.45) is 0 Å². The number of fused-ring (bicyclic) bond motifs is 1. The van der Waals surface area contributed by atoms with Crippen molar-refractivity contribution < 1.29 is 17.0 Å². The maximum atomic E-state index is 12.8. The summed E-state index contributed by atoms with van der Waals surface area (Å²) in [5, 5.41) is -2.10. The van der Waals surface area contributed by atoms with Gasteiger partial charge in [0.05, 0.1) is 0 Å². The van der Waals surface area contributed by atoms with Crippen LogP contribution in [0.15, 0.2) is 18.2 Å². The molecule has 1 aromatic carbocycles. The molecule has 0 amide bonds. The van der Waals surface area contributed by atoms with Crippen LogP contribution in [-0.4, -0.2) is 13.7 Å². The Balaban J connectivity index is 2.23. The van der Waals surface area contributed by atoms with Crippen LogP contribution in [0.25, 0.3) is 0 Å². The van der Waals surface area contributed by atoms with E-state index in [0.29, 0.717) is 0 Å². The zero-order valence-corrected chi connectivity index (χ0v) is 11.2. The molecule has 0 aromatic heterocycles. The Kier molecular flexibility index (Phi) is 3.69. The van der Waals surface area contributed by atoms with Gasteiger partial charge < -0.3 is 4.18 Å². The maximum absolute atomic E-state index is 12.8. The van der Waals surface area contributed by atoms with E-state index in [1.54, 1.807) is 21.4 Å². The molecule has 0 aliphatic heterocycles. The zero-order chi connectivity index (χ0) is 12.5. The first kappa shape index (κ1) is 12.8. The monoisotopic (exact) mass is 276 g/mol. The Labute approximate surface area is 103 Å². The SMILES string of the molecule is O=S(=O)(Oc1ccc2c(c1)CCCC2)C(F)P. The van der Waals surface area contributed by atoms with Crippen molar-refractivity contribution >= 4 is 19.4 Å². The predicted octanol–water partition coefficient (Wildman–Crippen LogP) is 2.40. The molecule has 0 spiro atoms. The lowest BCUT2D eigenvalue weighted by Crippen LogP contribution is -2.17. The van der Waals surface area contributed by atoms with Gasteiger partial charge >= 0.3 is 10.1 Å². The molecule has 2 atom stereocenters. The molecular weight excluding hydrogens is 262 g/mol. The average molecular weight is 276 g/mol. The molecule has 0 bridgehead atoms. The number of alkyl halides is 1. The van der Waals surface area contributed by atoms with Gasteiger partial charge in [-0.15, -0.1) is 0 Å². The van der Waals surface area contributed by atoms with E-state index in [1.807, 2.05) is 6.07 Å². The van der Waals surface area contributed by atoms with Crippen LogP contribution in [0.5, 0.6) is 5.75 Å². The molecular formula is C11H14FO3PS. The second kappa shape index (κ2) is 4.91. The zero-order valence-electron chi connectivity index (χ0n) is 9.23. The fraction of sp³-hybridized carbons (Fsp3) is 0.455. The summed E-state index contributed by atoms with van der Waals surface area (Å²) in [7, 11) is -2.61. The van der Waals surface area contributed by atoms with Gasteiger partial charge in [-0.2, -0.15) is 8.42 Å². The van der Waals surface area contributed by atoms with Crippen molar-refractivity contribution in [3.05, 3.63) is 29.3 Å². The van der Waals surface area contributed by atoms with Gasteiger partial charge in [0.25, 0.3) is 0 Å². The molecule has 0 saturated heterocycles.